The van der Waals surface area contributed by atoms with Gasteiger partial charge in [-0.2, -0.15) is 0 Å². The maximum absolute atomic E-state index is 13.4. The van der Waals surface area contributed by atoms with Crippen molar-refractivity contribution in [1.29, 1.82) is 0 Å². The minimum Gasteiger partial charge on any atom is -0.369 e. The summed E-state index contributed by atoms with van der Waals surface area (Å²) in [4.78, 5) is 23.7. The van der Waals surface area contributed by atoms with E-state index in [0.717, 1.165) is 6.07 Å². The number of carbonyl (C=O) groups excluding carboxylic acids is 1. The minimum absolute atomic E-state index is 0.00618. The van der Waals surface area contributed by atoms with Crippen LogP contribution in [0, 0.1) is 5.82 Å². The average molecular weight is 451 g/mol. The summed E-state index contributed by atoms with van der Waals surface area (Å²) in [6, 6.07) is 10.2. The molecule has 148 valence electrons. The molecule has 0 aliphatic rings. The molecule has 0 saturated heterocycles. The summed E-state index contributed by atoms with van der Waals surface area (Å²) in [5, 5.41) is 0.748. The number of rotatable bonds is 5. The molecule has 1 aromatic heterocycles. The van der Waals surface area contributed by atoms with Gasteiger partial charge in [0, 0.05) is 31.4 Å². The highest BCUT2D eigenvalue weighted by atomic mass is 35.5. The van der Waals surface area contributed by atoms with Crippen LogP contribution in [0.5, 0.6) is 0 Å². The zero-order chi connectivity index (χ0) is 21.1. The van der Waals surface area contributed by atoms with Crippen LogP contribution in [0.4, 0.5) is 10.1 Å². The molecule has 0 N–H and O–H groups in total. The van der Waals surface area contributed by atoms with Crippen LogP contribution < -0.4 is 0 Å². The number of ketones is 1. The van der Waals surface area contributed by atoms with Gasteiger partial charge in [0.25, 0.3) is 0 Å². The first-order valence-corrected chi connectivity index (χ1v) is 9.56. The Morgan fingerprint density at radius 1 is 1.03 bits per heavy atom. The molecule has 0 saturated carbocycles. The largest absolute Gasteiger partial charge is 0.369 e. The normalized spacial score (nSPS) is 11.1. The van der Waals surface area contributed by atoms with E-state index in [9.17, 15) is 9.18 Å². The fourth-order valence-electron chi connectivity index (χ4n) is 2.67. The average Bonchev–Trinajstić information content (AvgIpc) is 2.66. The second kappa shape index (κ2) is 8.91. The van der Waals surface area contributed by atoms with Crippen molar-refractivity contribution in [2.45, 2.75) is 0 Å². The first-order chi connectivity index (χ1) is 13.8. The lowest BCUT2D eigenvalue weighted by Crippen LogP contribution is -2.09. The van der Waals surface area contributed by atoms with Crippen molar-refractivity contribution in [1.82, 2.24) is 9.88 Å². The topological polar surface area (TPSA) is 45.6 Å². The maximum Gasteiger partial charge on any atom is 0.196 e. The van der Waals surface area contributed by atoms with Crippen LogP contribution in [-0.2, 0) is 0 Å². The number of aromatic nitrogens is 1. The first kappa shape index (κ1) is 21.2. The summed E-state index contributed by atoms with van der Waals surface area (Å²) in [6.45, 7) is 0. The van der Waals surface area contributed by atoms with E-state index in [2.05, 4.69) is 9.98 Å². The maximum atomic E-state index is 13.4. The van der Waals surface area contributed by atoms with Crippen LogP contribution in [0.3, 0.4) is 0 Å². The molecule has 0 aliphatic heterocycles. The Balaban J connectivity index is 2.26. The molecule has 0 atom stereocenters. The van der Waals surface area contributed by atoms with Gasteiger partial charge in [0.2, 0.25) is 0 Å². The van der Waals surface area contributed by atoms with Gasteiger partial charge >= 0.3 is 0 Å². The van der Waals surface area contributed by atoms with Gasteiger partial charge in [0.05, 0.1) is 32.7 Å². The highest BCUT2D eigenvalue weighted by Crippen LogP contribution is 2.40. The van der Waals surface area contributed by atoms with Gasteiger partial charge in [-0.05, 0) is 36.4 Å². The molecular formula is C21H15Cl3FN3O. The Bertz CT molecular complexity index is 1100. The molecule has 2 aromatic carbocycles. The molecule has 4 nitrogen and oxygen atoms in total. The molecule has 0 fully saturated rings. The summed E-state index contributed by atoms with van der Waals surface area (Å²) in [5.41, 5.74) is 1.47. The lowest BCUT2D eigenvalue weighted by molar-refractivity contribution is 0.103. The Kier molecular flexibility index (Phi) is 6.52. The molecule has 8 heteroatoms. The van der Waals surface area contributed by atoms with E-state index in [1.807, 2.05) is 0 Å². The predicted octanol–water partition coefficient (Wildman–Crippen LogP) is 6.30. The number of carbonyl (C=O) groups is 1. The van der Waals surface area contributed by atoms with Crippen LogP contribution in [0.1, 0.15) is 15.9 Å². The molecule has 29 heavy (non-hydrogen) atoms. The first-order valence-electron chi connectivity index (χ1n) is 8.43. The highest BCUT2D eigenvalue weighted by Gasteiger charge is 2.22. The summed E-state index contributed by atoms with van der Waals surface area (Å²) in [5.74, 6) is -0.955. The third-order valence-electron chi connectivity index (χ3n) is 3.96. The van der Waals surface area contributed by atoms with Crippen LogP contribution in [0.2, 0.25) is 15.1 Å². The van der Waals surface area contributed by atoms with Gasteiger partial charge in [0.1, 0.15) is 11.5 Å². The molecule has 0 radical (unpaired) electrons. The second-order valence-corrected chi connectivity index (χ2v) is 7.54. The van der Waals surface area contributed by atoms with Gasteiger partial charge in [-0.25, -0.2) is 9.38 Å². The van der Waals surface area contributed by atoms with Crippen LogP contribution in [0.15, 0.2) is 53.7 Å². The Hall–Kier alpha value is -2.47. The standard InChI is InChI=1S/C21H15Cl3FN3O/c1-28(2)11-27-19-14(21(29)13-7-6-12(25)10-17(13)24)8-9-26-20(19)18-15(22)4-3-5-16(18)23/h3-11H,1-2H3/b27-11-. The van der Waals surface area contributed by atoms with E-state index in [-0.39, 0.29) is 21.8 Å². The molecule has 1 heterocycles. The van der Waals surface area contributed by atoms with Crippen LogP contribution >= 0.6 is 34.8 Å². The van der Waals surface area contributed by atoms with Crippen LogP contribution in [0.25, 0.3) is 11.3 Å². The quantitative estimate of drug-likeness (QED) is 0.260. The van der Waals surface area contributed by atoms with Crippen molar-refractivity contribution in [3.8, 4) is 11.3 Å². The van der Waals surface area contributed by atoms with Gasteiger partial charge < -0.3 is 4.90 Å². The van der Waals surface area contributed by atoms with E-state index in [0.29, 0.717) is 21.3 Å². The monoisotopic (exact) mass is 449 g/mol. The van der Waals surface area contributed by atoms with Crippen molar-refractivity contribution in [2.24, 2.45) is 4.99 Å². The Morgan fingerprint density at radius 2 is 1.72 bits per heavy atom. The number of halogens is 4. The number of nitrogens with zero attached hydrogens (tertiary/aromatic N) is 3. The van der Waals surface area contributed by atoms with Crippen molar-refractivity contribution in [3.05, 3.63) is 80.7 Å². The number of hydrogen-bond acceptors (Lipinski definition) is 3. The van der Waals surface area contributed by atoms with Crippen LogP contribution in [-0.4, -0.2) is 36.1 Å². The Labute approximate surface area is 182 Å². The van der Waals surface area contributed by atoms with Gasteiger partial charge in [0.15, 0.2) is 5.78 Å². The fraction of sp³-hybridized carbons (Fsp3) is 0.0952. The molecular weight excluding hydrogens is 436 g/mol. The third-order valence-corrected chi connectivity index (χ3v) is 4.90. The summed E-state index contributed by atoms with van der Waals surface area (Å²) in [6.07, 6.45) is 3.00. The summed E-state index contributed by atoms with van der Waals surface area (Å²) in [7, 11) is 3.58. The Morgan fingerprint density at radius 3 is 2.34 bits per heavy atom. The number of pyridine rings is 1. The van der Waals surface area contributed by atoms with E-state index in [4.69, 9.17) is 34.8 Å². The summed E-state index contributed by atoms with van der Waals surface area (Å²) < 4.78 is 13.4. The molecule has 0 aliphatic carbocycles. The third kappa shape index (κ3) is 4.58. The van der Waals surface area contributed by atoms with Gasteiger partial charge in [-0.3, -0.25) is 9.78 Å². The summed E-state index contributed by atoms with van der Waals surface area (Å²) >= 11 is 18.8. The number of aliphatic imine (C=N–C) groups is 1. The predicted molar refractivity (Wildman–Crippen MR) is 116 cm³/mol. The lowest BCUT2D eigenvalue weighted by atomic mass is 9.99. The molecule has 3 aromatic rings. The van der Waals surface area contributed by atoms with Crippen molar-refractivity contribution in [3.63, 3.8) is 0 Å². The molecule has 3 rings (SSSR count). The van der Waals surface area contributed by atoms with E-state index in [1.54, 1.807) is 37.2 Å². The van der Waals surface area contributed by atoms with E-state index < -0.39 is 11.6 Å². The second-order valence-electron chi connectivity index (χ2n) is 6.31. The molecule has 0 bridgehead atoms. The molecule has 0 spiro atoms. The van der Waals surface area contributed by atoms with Crippen molar-refractivity contribution in [2.75, 3.05) is 14.1 Å². The van der Waals surface area contributed by atoms with Crippen molar-refractivity contribution < 1.29 is 9.18 Å². The lowest BCUT2D eigenvalue weighted by Gasteiger charge is -2.14. The zero-order valence-corrected chi connectivity index (χ0v) is 17.7. The minimum atomic E-state index is -0.532. The molecule has 0 amide bonds. The van der Waals surface area contributed by atoms with E-state index >= 15 is 0 Å². The SMILES string of the molecule is CN(C)/C=N\c1c(C(=O)c2ccc(F)cc2Cl)ccnc1-c1c(Cl)cccc1Cl. The van der Waals surface area contributed by atoms with Crippen molar-refractivity contribution >= 4 is 52.6 Å². The highest BCUT2D eigenvalue weighted by molar-refractivity contribution is 6.39. The molecule has 0 unspecified atom stereocenters. The fourth-order valence-corrected chi connectivity index (χ4v) is 3.50. The smallest absolute Gasteiger partial charge is 0.196 e. The van der Waals surface area contributed by atoms with E-state index in [1.165, 1.54) is 30.7 Å². The van der Waals surface area contributed by atoms with Gasteiger partial charge in [-0.15, -0.1) is 0 Å². The zero-order valence-electron chi connectivity index (χ0n) is 15.5. The number of benzene rings is 2. The van der Waals surface area contributed by atoms with Gasteiger partial charge in [-0.1, -0.05) is 40.9 Å². The number of hydrogen-bond donors (Lipinski definition) is 0.